The minimum atomic E-state index is -0.315. The largest absolute Gasteiger partial charge is 0.508 e. The molecule has 1 heterocycles. The van der Waals surface area contributed by atoms with Gasteiger partial charge in [0.2, 0.25) is 0 Å². The summed E-state index contributed by atoms with van der Waals surface area (Å²) in [6, 6.07) is 10.5. The van der Waals surface area contributed by atoms with Crippen LogP contribution in [0.2, 0.25) is 0 Å². The molecule has 0 amide bonds. The Morgan fingerprint density at radius 1 is 1.37 bits per heavy atom. The van der Waals surface area contributed by atoms with E-state index in [1.807, 2.05) is 12.1 Å². The summed E-state index contributed by atoms with van der Waals surface area (Å²) in [4.78, 5) is 4.29. The van der Waals surface area contributed by atoms with Gasteiger partial charge in [-0.25, -0.2) is 4.98 Å². The van der Waals surface area contributed by atoms with Gasteiger partial charge in [-0.3, -0.25) is 0 Å². The van der Waals surface area contributed by atoms with Crippen molar-refractivity contribution in [1.29, 1.82) is 0 Å². The van der Waals surface area contributed by atoms with Crippen molar-refractivity contribution >= 4 is 5.82 Å². The van der Waals surface area contributed by atoms with Gasteiger partial charge in [0.15, 0.2) is 0 Å². The number of aromatic nitrogens is 1. The van der Waals surface area contributed by atoms with E-state index in [1.165, 1.54) is 0 Å². The molecular formula is C15H16N2O2. The first-order chi connectivity index (χ1) is 9.15. The van der Waals surface area contributed by atoms with Gasteiger partial charge < -0.3 is 15.6 Å². The van der Waals surface area contributed by atoms with Crippen molar-refractivity contribution in [3.63, 3.8) is 0 Å². The maximum absolute atomic E-state index is 9.64. The first kappa shape index (κ1) is 13.1. The molecule has 1 aromatic heterocycles. The van der Waals surface area contributed by atoms with E-state index in [0.29, 0.717) is 5.82 Å². The van der Waals surface area contributed by atoms with Crippen LogP contribution in [0.3, 0.4) is 0 Å². The summed E-state index contributed by atoms with van der Waals surface area (Å²) in [7, 11) is 1.59. The maximum Gasteiger partial charge on any atom is 0.124 e. The minimum absolute atomic E-state index is 0.173. The SMILES string of the molecule is C=CC(OC)c1cc(O)ccc1-c1cccc(N)n1. The number of nitrogen functional groups attached to an aromatic ring is 1. The summed E-state index contributed by atoms with van der Waals surface area (Å²) < 4.78 is 5.34. The Hall–Kier alpha value is -2.33. The van der Waals surface area contributed by atoms with Crippen LogP contribution < -0.4 is 5.73 Å². The van der Waals surface area contributed by atoms with E-state index in [2.05, 4.69) is 11.6 Å². The summed E-state index contributed by atoms with van der Waals surface area (Å²) in [6.07, 6.45) is 1.36. The average Bonchev–Trinajstić information content (AvgIpc) is 2.40. The molecule has 2 aromatic rings. The van der Waals surface area contributed by atoms with Crippen molar-refractivity contribution in [3.8, 4) is 17.0 Å². The smallest absolute Gasteiger partial charge is 0.124 e. The third-order valence-corrected chi connectivity index (χ3v) is 2.86. The summed E-state index contributed by atoms with van der Waals surface area (Å²) in [6.45, 7) is 3.74. The Labute approximate surface area is 112 Å². The highest BCUT2D eigenvalue weighted by atomic mass is 16.5. The van der Waals surface area contributed by atoms with Crippen LogP contribution in [-0.4, -0.2) is 17.2 Å². The summed E-state index contributed by atoms with van der Waals surface area (Å²) >= 11 is 0. The normalized spacial score (nSPS) is 12.1. The van der Waals surface area contributed by atoms with E-state index in [0.717, 1.165) is 16.8 Å². The number of phenols is 1. The lowest BCUT2D eigenvalue weighted by Crippen LogP contribution is -2.01. The van der Waals surface area contributed by atoms with E-state index >= 15 is 0 Å². The topological polar surface area (TPSA) is 68.4 Å². The van der Waals surface area contributed by atoms with Crippen LogP contribution in [0.25, 0.3) is 11.3 Å². The van der Waals surface area contributed by atoms with Crippen LogP contribution >= 0.6 is 0 Å². The van der Waals surface area contributed by atoms with Crippen LogP contribution in [0.5, 0.6) is 5.75 Å². The third kappa shape index (κ3) is 2.74. The Morgan fingerprint density at radius 2 is 2.16 bits per heavy atom. The van der Waals surface area contributed by atoms with Gasteiger partial charge in [-0.15, -0.1) is 6.58 Å². The number of phenolic OH excluding ortho intramolecular Hbond substituents is 1. The van der Waals surface area contributed by atoms with Crippen LogP contribution in [0.15, 0.2) is 49.1 Å². The number of nitrogens with two attached hydrogens (primary N) is 1. The molecular weight excluding hydrogens is 240 g/mol. The molecule has 98 valence electrons. The lowest BCUT2D eigenvalue weighted by Gasteiger charge is -2.16. The van der Waals surface area contributed by atoms with Gasteiger partial charge >= 0.3 is 0 Å². The molecule has 2 rings (SSSR count). The van der Waals surface area contributed by atoms with Gasteiger partial charge in [-0.1, -0.05) is 12.1 Å². The van der Waals surface area contributed by atoms with Crippen molar-refractivity contribution in [1.82, 2.24) is 4.98 Å². The Balaban J connectivity index is 2.59. The summed E-state index contributed by atoms with van der Waals surface area (Å²) in [5.74, 6) is 0.621. The van der Waals surface area contributed by atoms with E-state index in [1.54, 1.807) is 37.5 Å². The highest BCUT2D eigenvalue weighted by Crippen LogP contribution is 2.32. The molecule has 4 heteroatoms. The van der Waals surface area contributed by atoms with E-state index in [4.69, 9.17) is 10.5 Å². The van der Waals surface area contributed by atoms with Gasteiger partial charge in [0.1, 0.15) is 17.7 Å². The lowest BCUT2D eigenvalue weighted by atomic mass is 9.99. The minimum Gasteiger partial charge on any atom is -0.508 e. The molecule has 0 radical (unpaired) electrons. The zero-order valence-electron chi connectivity index (χ0n) is 10.7. The second-order valence-electron chi connectivity index (χ2n) is 4.11. The highest BCUT2D eigenvalue weighted by Gasteiger charge is 2.14. The monoisotopic (exact) mass is 256 g/mol. The number of ether oxygens (including phenoxy) is 1. The molecule has 3 N–H and O–H groups in total. The van der Waals surface area contributed by atoms with Crippen molar-refractivity contribution in [2.45, 2.75) is 6.10 Å². The predicted octanol–water partition coefficient (Wildman–Crippen LogP) is 2.91. The van der Waals surface area contributed by atoms with Crippen molar-refractivity contribution in [2.75, 3.05) is 12.8 Å². The molecule has 0 bridgehead atoms. The molecule has 0 aliphatic rings. The second kappa shape index (κ2) is 5.54. The molecule has 0 spiro atoms. The number of benzene rings is 1. The zero-order valence-corrected chi connectivity index (χ0v) is 10.7. The van der Waals surface area contributed by atoms with Gasteiger partial charge in [0.05, 0.1) is 5.69 Å². The first-order valence-corrected chi connectivity index (χ1v) is 5.87. The Morgan fingerprint density at radius 3 is 2.79 bits per heavy atom. The number of aromatic hydroxyl groups is 1. The van der Waals surface area contributed by atoms with Crippen LogP contribution in [0.4, 0.5) is 5.82 Å². The van der Waals surface area contributed by atoms with Gasteiger partial charge in [0, 0.05) is 12.7 Å². The quantitative estimate of drug-likeness (QED) is 0.825. The molecule has 1 atom stereocenters. The number of rotatable bonds is 4. The number of hydrogen-bond donors (Lipinski definition) is 2. The number of anilines is 1. The van der Waals surface area contributed by atoms with Gasteiger partial charge in [-0.05, 0) is 35.9 Å². The standard InChI is InChI=1S/C15H16N2O2/c1-3-14(19-2)12-9-10(18)7-8-11(12)13-5-4-6-15(16)17-13/h3-9,14,18H,1H2,2H3,(H2,16,17). The average molecular weight is 256 g/mol. The number of pyridine rings is 1. The van der Waals surface area contributed by atoms with E-state index < -0.39 is 0 Å². The predicted molar refractivity (Wildman–Crippen MR) is 75.7 cm³/mol. The lowest BCUT2D eigenvalue weighted by molar-refractivity contribution is 0.143. The Bertz CT molecular complexity index is 596. The third-order valence-electron chi connectivity index (χ3n) is 2.86. The maximum atomic E-state index is 9.64. The molecule has 0 aliphatic carbocycles. The van der Waals surface area contributed by atoms with Gasteiger partial charge in [-0.2, -0.15) is 0 Å². The molecule has 0 aliphatic heterocycles. The molecule has 4 nitrogen and oxygen atoms in total. The summed E-state index contributed by atoms with van der Waals surface area (Å²) in [5, 5.41) is 9.64. The molecule has 1 aromatic carbocycles. The fourth-order valence-corrected chi connectivity index (χ4v) is 1.97. The second-order valence-corrected chi connectivity index (χ2v) is 4.11. The van der Waals surface area contributed by atoms with Crippen LogP contribution in [-0.2, 0) is 4.74 Å². The molecule has 0 saturated heterocycles. The highest BCUT2D eigenvalue weighted by molar-refractivity contribution is 5.67. The Kier molecular flexibility index (Phi) is 3.82. The molecule has 1 unspecified atom stereocenters. The molecule has 0 fully saturated rings. The summed E-state index contributed by atoms with van der Waals surface area (Å²) in [5.41, 5.74) is 8.10. The fourth-order valence-electron chi connectivity index (χ4n) is 1.97. The van der Waals surface area contributed by atoms with E-state index in [9.17, 15) is 5.11 Å². The van der Waals surface area contributed by atoms with Crippen molar-refractivity contribution in [2.24, 2.45) is 0 Å². The number of methoxy groups -OCH3 is 1. The van der Waals surface area contributed by atoms with Crippen LogP contribution in [0, 0.1) is 0 Å². The number of nitrogens with zero attached hydrogens (tertiary/aromatic N) is 1. The van der Waals surface area contributed by atoms with Crippen molar-refractivity contribution in [3.05, 3.63) is 54.6 Å². The molecule has 0 saturated carbocycles. The van der Waals surface area contributed by atoms with Gasteiger partial charge in [0.25, 0.3) is 0 Å². The molecule has 19 heavy (non-hydrogen) atoms. The van der Waals surface area contributed by atoms with Crippen molar-refractivity contribution < 1.29 is 9.84 Å². The zero-order chi connectivity index (χ0) is 13.8. The van der Waals surface area contributed by atoms with Crippen LogP contribution in [0.1, 0.15) is 11.7 Å². The fraction of sp³-hybridized carbons (Fsp3) is 0.133. The number of hydrogen-bond acceptors (Lipinski definition) is 4. The first-order valence-electron chi connectivity index (χ1n) is 5.87. The van der Waals surface area contributed by atoms with E-state index in [-0.39, 0.29) is 11.9 Å².